The van der Waals surface area contributed by atoms with Gasteiger partial charge in [0.1, 0.15) is 5.82 Å². The molecule has 1 atom stereocenters. The van der Waals surface area contributed by atoms with Crippen molar-refractivity contribution in [1.82, 2.24) is 9.97 Å². The molecular weight excluding hydrogens is 194 g/mol. The normalized spacial score (nSPS) is 12.9. The van der Waals surface area contributed by atoms with Crippen LogP contribution >= 0.6 is 0 Å². The highest BCUT2D eigenvalue weighted by Gasteiger charge is 2.15. The number of aryl methyl sites for hydroxylation is 1. The third-order valence-corrected chi connectivity index (χ3v) is 1.83. The Hall–Kier alpha value is -1.20. The molecule has 1 aromatic heterocycles. The van der Waals surface area contributed by atoms with Crippen LogP contribution in [0.2, 0.25) is 0 Å². The Balaban J connectivity index is 3.02. The van der Waals surface area contributed by atoms with Crippen LogP contribution in [0.25, 0.3) is 0 Å². The van der Waals surface area contributed by atoms with Crippen LogP contribution < -0.4 is 10.5 Å². The zero-order chi connectivity index (χ0) is 11.4. The van der Waals surface area contributed by atoms with E-state index < -0.39 is 6.10 Å². The van der Waals surface area contributed by atoms with Gasteiger partial charge in [-0.05, 0) is 20.8 Å². The van der Waals surface area contributed by atoms with E-state index in [2.05, 4.69) is 9.97 Å². The van der Waals surface area contributed by atoms with Crippen molar-refractivity contribution in [1.29, 1.82) is 0 Å². The van der Waals surface area contributed by atoms with Gasteiger partial charge in [0.05, 0.1) is 17.8 Å². The summed E-state index contributed by atoms with van der Waals surface area (Å²) in [5, 5.41) is 9.63. The van der Waals surface area contributed by atoms with E-state index in [1.54, 1.807) is 13.1 Å². The predicted molar refractivity (Wildman–Crippen MR) is 56.5 cm³/mol. The van der Waals surface area contributed by atoms with Crippen molar-refractivity contribution in [3.8, 4) is 5.88 Å². The molecule has 0 spiro atoms. The molecule has 0 aromatic carbocycles. The molecule has 5 nitrogen and oxygen atoms in total. The summed E-state index contributed by atoms with van der Waals surface area (Å²) in [7, 11) is 0. The van der Waals surface area contributed by atoms with Gasteiger partial charge in [-0.1, -0.05) is 0 Å². The number of aliphatic hydroxyl groups is 1. The second-order valence-corrected chi connectivity index (χ2v) is 3.60. The largest absolute Gasteiger partial charge is 0.475 e. The molecule has 0 radical (unpaired) electrons. The maximum absolute atomic E-state index is 9.63. The lowest BCUT2D eigenvalue weighted by Crippen LogP contribution is -2.16. The number of hydrogen-bond donors (Lipinski definition) is 2. The van der Waals surface area contributed by atoms with Crippen LogP contribution in [0.3, 0.4) is 0 Å². The van der Waals surface area contributed by atoms with Crippen LogP contribution in [0.15, 0.2) is 6.20 Å². The maximum Gasteiger partial charge on any atom is 0.222 e. The van der Waals surface area contributed by atoms with E-state index in [0.717, 1.165) is 0 Å². The van der Waals surface area contributed by atoms with Crippen LogP contribution in [0, 0.1) is 6.92 Å². The number of nitrogens with zero attached hydrogens (tertiary/aromatic N) is 2. The van der Waals surface area contributed by atoms with Crippen LogP contribution in [0.5, 0.6) is 5.88 Å². The van der Waals surface area contributed by atoms with E-state index in [1.165, 1.54) is 0 Å². The predicted octanol–water partition coefficient (Wildman–Crippen LogP) is 0.564. The molecule has 0 saturated carbocycles. The van der Waals surface area contributed by atoms with E-state index in [1.807, 2.05) is 13.8 Å². The molecule has 84 valence electrons. The van der Waals surface area contributed by atoms with Crippen molar-refractivity contribution >= 4 is 0 Å². The molecule has 1 rings (SSSR count). The number of aliphatic hydroxyl groups excluding tert-OH is 1. The fourth-order valence-electron chi connectivity index (χ4n) is 1.13. The zero-order valence-electron chi connectivity index (χ0n) is 9.27. The van der Waals surface area contributed by atoms with Crippen LogP contribution in [0.4, 0.5) is 0 Å². The van der Waals surface area contributed by atoms with Crippen LogP contribution in [-0.4, -0.2) is 27.7 Å². The summed E-state index contributed by atoms with van der Waals surface area (Å²) in [4.78, 5) is 8.14. The van der Waals surface area contributed by atoms with E-state index >= 15 is 0 Å². The molecule has 0 amide bonds. The molecular formula is C10H17N3O2. The molecule has 0 aliphatic carbocycles. The fourth-order valence-corrected chi connectivity index (χ4v) is 1.13. The number of rotatable bonds is 4. The summed E-state index contributed by atoms with van der Waals surface area (Å²) >= 11 is 0. The highest BCUT2D eigenvalue weighted by molar-refractivity contribution is 5.26. The fraction of sp³-hybridized carbons (Fsp3) is 0.600. The minimum atomic E-state index is -0.778. The lowest BCUT2D eigenvalue weighted by Gasteiger charge is -2.15. The first-order valence-corrected chi connectivity index (χ1v) is 4.93. The van der Waals surface area contributed by atoms with Crippen molar-refractivity contribution in [3.05, 3.63) is 17.6 Å². The first-order valence-electron chi connectivity index (χ1n) is 4.93. The molecule has 0 aliphatic rings. The lowest BCUT2D eigenvalue weighted by molar-refractivity contribution is 0.168. The third-order valence-electron chi connectivity index (χ3n) is 1.83. The highest BCUT2D eigenvalue weighted by atomic mass is 16.5. The topological polar surface area (TPSA) is 81.3 Å². The van der Waals surface area contributed by atoms with E-state index in [4.69, 9.17) is 10.5 Å². The van der Waals surface area contributed by atoms with Crippen molar-refractivity contribution in [3.63, 3.8) is 0 Å². The SMILES string of the molecule is Cc1ncc(C(O)CN)c(OC(C)C)n1. The number of ether oxygens (including phenoxy) is 1. The van der Waals surface area contributed by atoms with Gasteiger partial charge in [0.2, 0.25) is 5.88 Å². The molecule has 1 heterocycles. The summed E-state index contributed by atoms with van der Waals surface area (Å²) in [5.41, 5.74) is 5.92. The Bertz CT molecular complexity index is 328. The van der Waals surface area contributed by atoms with Gasteiger partial charge >= 0.3 is 0 Å². The van der Waals surface area contributed by atoms with Gasteiger partial charge in [-0.15, -0.1) is 0 Å². The number of aromatic nitrogens is 2. The zero-order valence-corrected chi connectivity index (χ0v) is 9.27. The molecule has 0 aliphatic heterocycles. The van der Waals surface area contributed by atoms with E-state index in [0.29, 0.717) is 17.3 Å². The lowest BCUT2D eigenvalue weighted by atomic mass is 10.2. The maximum atomic E-state index is 9.63. The van der Waals surface area contributed by atoms with E-state index in [9.17, 15) is 5.11 Å². The Morgan fingerprint density at radius 2 is 2.20 bits per heavy atom. The van der Waals surface area contributed by atoms with Crippen LogP contribution in [0.1, 0.15) is 31.3 Å². The highest BCUT2D eigenvalue weighted by Crippen LogP contribution is 2.22. The van der Waals surface area contributed by atoms with Gasteiger partial charge in [0.15, 0.2) is 0 Å². The molecule has 0 fully saturated rings. The van der Waals surface area contributed by atoms with Gasteiger partial charge in [-0.25, -0.2) is 4.98 Å². The molecule has 3 N–H and O–H groups in total. The molecule has 1 unspecified atom stereocenters. The Labute approximate surface area is 89.3 Å². The van der Waals surface area contributed by atoms with Gasteiger partial charge < -0.3 is 15.6 Å². The molecule has 1 aromatic rings. The van der Waals surface area contributed by atoms with Gasteiger partial charge in [0, 0.05) is 12.7 Å². The average molecular weight is 211 g/mol. The third kappa shape index (κ3) is 3.14. The Kier molecular flexibility index (Phi) is 3.99. The number of hydrogen-bond acceptors (Lipinski definition) is 5. The molecule has 0 saturated heterocycles. The van der Waals surface area contributed by atoms with Crippen molar-refractivity contribution < 1.29 is 9.84 Å². The number of nitrogens with two attached hydrogens (primary N) is 1. The quantitative estimate of drug-likeness (QED) is 0.760. The average Bonchev–Trinajstić information content (AvgIpc) is 2.16. The minimum Gasteiger partial charge on any atom is -0.475 e. The summed E-state index contributed by atoms with van der Waals surface area (Å²) in [6, 6.07) is 0. The van der Waals surface area contributed by atoms with Gasteiger partial charge in [0.25, 0.3) is 0 Å². The standard InChI is InChI=1S/C10H17N3O2/c1-6(2)15-10-8(9(14)4-11)5-12-7(3)13-10/h5-6,9,14H,4,11H2,1-3H3. The first kappa shape index (κ1) is 11.9. The second kappa shape index (κ2) is 5.04. The van der Waals surface area contributed by atoms with Crippen molar-refractivity contribution in [2.45, 2.75) is 33.0 Å². The smallest absolute Gasteiger partial charge is 0.222 e. The second-order valence-electron chi connectivity index (χ2n) is 3.60. The Morgan fingerprint density at radius 3 is 2.73 bits per heavy atom. The van der Waals surface area contributed by atoms with Crippen molar-refractivity contribution in [2.24, 2.45) is 5.73 Å². The van der Waals surface area contributed by atoms with Crippen LogP contribution in [-0.2, 0) is 0 Å². The monoisotopic (exact) mass is 211 g/mol. The molecule has 15 heavy (non-hydrogen) atoms. The van der Waals surface area contributed by atoms with Crippen molar-refractivity contribution in [2.75, 3.05) is 6.54 Å². The molecule has 0 bridgehead atoms. The van der Waals surface area contributed by atoms with Gasteiger partial charge in [-0.3, -0.25) is 0 Å². The summed E-state index contributed by atoms with van der Waals surface area (Å²) in [5.74, 6) is 1.02. The summed E-state index contributed by atoms with van der Waals surface area (Å²) < 4.78 is 5.48. The summed E-state index contributed by atoms with van der Waals surface area (Å²) in [6.45, 7) is 5.69. The molecule has 5 heteroatoms. The summed E-state index contributed by atoms with van der Waals surface area (Å²) in [6.07, 6.45) is 0.778. The Morgan fingerprint density at radius 1 is 1.53 bits per heavy atom. The minimum absolute atomic E-state index is 0.00280. The first-order chi connectivity index (χ1) is 7.04. The van der Waals surface area contributed by atoms with Gasteiger partial charge in [-0.2, -0.15) is 4.98 Å². The van der Waals surface area contributed by atoms with E-state index in [-0.39, 0.29) is 12.6 Å².